The molecule has 2 aromatic rings. The summed E-state index contributed by atoms with van der Waals surface area (Å²) in [5, 5.41) is 6.49. The number of carbonyl (C=O) groups is 1. The van der Waals surface area contributed by atoms with E-state index in [1.165, 1.54) is 57.3 Å². The number of nitrogens with zero attached hydrogens (tertiary/aromatic N) is 6. The molecule has 3 saturated heterocycles. The molecule has 0 radical (unpaired) electrons. The van der Waals surface area contributed by atoms with Crippen molar-refractivity contribution >= 4 is 35.3 Å². The number of fused-ring (bicyclic) bond motifs is 4. The van der Waals surface area contributed by atoms with Crippen molar-refractivity contribution < 1.29 is 4.79 Å². The maximum Gasteiger partial charge on any atom is 0.246 e. The number of pyridine rings is 1. The van der Waals surface area contributed by atoms with Crippen LogP contribution in [0.1, 0.15) is 63.9 Å². The Labute approximate surface area is 231 Å². The molecule has 5 aliphatic rings. The number of piperidine rings is 1. The molecule has 2 N–H and O–H groups in total. The van der Waals surface area contributed by atoms with Crippen LogP contribution in [0.2, 0.25) is 0 Å². The van der Waals surface area contributed by atoms with Gasteiger partial charge in [0.05, 0.1) is 17.4 Å². The normalized spacial score (nSPS) is 26.8. The Morgan fingerprint density at radius 2 is 1.87 bits per heavy atom. The van der Waals surface area contributed by atoms with E-state index in [0.29, 0.717) is 12.5 Å². The molecule has 39 heavy (non-hydrogen) atoms. The topological polar surface area (TPSA) is 89.5 Å². The van der Waals surface area contributed by atoms with E-state index in [1.807, 2.05) is 30.6 Å². The fourth-order valence-corrected chi connectivity index (χ4v) is 7.51. The highest BCUT2D eigenvalue weighted by atomic mass is 16.2. The molecule has 0 aromatic carbocycles. The number of anilines is 4. The number of piperazine rings is 1. The van der Waals surface area contributed by atoms with Crippen molar-refractivity contribution in [2.24, 2.45) is 5.92 Å². The number of hydrogen-bond donors (Lipinski definition) is 2. The second kappa shape index (κ2) is 10.1. The molecule has 2 aromatic heterocycles. The zero-order chi connectivity index (χ0) is 26.4. The minimum atomic E-state index is -0.317. The third-order valence-electron chi connectivity index (χ3n) is 9.71. The number of rotatable bonds is 4. The second-order valence-electron chi connectivity index (χ2n) is 12.3. The van der Waals surface area contributed by atoms with Crippen molar-refractivity contribution in [3.63, 3.8) is 0 Å². The quantitative estimate of drug-likeness (QED) is 0.617. The molecule has 1 amide bonds. The van der Waals surface area contributed by atoms with E-state index in [1.54, 1.807) is 0 Å². The SMILES string of the molecule is CC1CCN(C2CCN(c3ccc(Nc4ncc5c(n4)N4C(C=C5)C(=O)NCC45CCCCC5)nc3)CC2)C1. The number of aromatic nitrogens is 3. The van der Waals surface area contributed by atoms with Crippen LogP contribution in [-0.4, -0.2) is 76.1 Å². The van der Waals surface area contributed by atoms with Crippen LogP contribution in [-0.2, 0) is 4.79 Å². The summed E-state index contributed by atoms with van der Waals surface area (Å²) in [6, 6.07) is 4.58. The summed E-state index contributed by atoms with van der Waals surface area (Å²) in [6.45, 7) is 7.75. The smallest absolute Gasteiger partial charge is 0.246 e. The molecule has 1 spiro atoms. The second-order valence-corrected chi connectivity index (χ2v) is 12.3. The Kier molecular flexibility index (Phi) is 6.41. The van der Waals surface area contributed by atoms with Crippen LogP contribution in [0.4, 0.5) is 23.3 Å². The fourth-order valence-electron chi connectivity index (χ4n) is 7.51. The highest BCUT2D eigenvalue weighted by molar-refractivity contribution is 5.93. The lowest BCUT2D eigenvalue weighted by Gasteiger charge is -2.54. The first kappa shape index (κ1) is 24.8. The van der Waals surface area contributed by atoms with Crippen LogP contribution in [0, 0.1) is 5.92 Å². The van der Waals surface area contributed by atoms with Gasteiger partial charge in [-0.15, -0.1) is 0 Å². The number of hydrogen-bond acceptors (Lipinski definition) is 8. The van der Waals surface area contributed by atoms with Crippen molar-refractivity contribution in [2.75, 3.05) is 47.8 Å². The summed E-state index contributed by atoms with van der Waals surface area (Å²) in [5.41, 5.74) is 2.06. The molecule has 0 bridgehead atoms. The molecular weight excluding hydrogens is 488 g/mol. The molecule has 6 heterocycles. The first-order chi connectivity index (χ1) is 19.1. The summed E-state index contributed by atoms with van der Waals surface area (Å²) in [4.78, 5) is 34.5. The molecule has 9 nitrogen and oxygen atoms in total. The maximum atomic E-state index is 12.8. The summed E-state index contributed by atoms with van der Waals surface area (Å²) < 4.78 is 0. The van der Waals surface area contributed by atoms with Gasteiger partial charge in [-0.1, -0.05) is 38.3 Å². The predicted molar refractivity (Wildman–Crippen MR) is 154 cm³/mol. The third kappa shape index (κ3) is 4.64. The van der Waals surface area contributed by atoms with E-state index in [2.05, 4.69) is 43.3 Å². The maximum absolute atomic E-state index is 12.8. The zero-order valence-corrected chi connectivity index (χ0v) is 23.0. The third-order valence-corrected chi connectivity index (χ3v) is 9.71. The van der Waals surface area contributed by atoms with Crippen molar-refractivity contribution in [1.29, 1.82) is 0 Å². The van der Waals surface area contributed by atoms with E-state index >= 15 is 0 Å². The van der Waals surface area contributed by atoms with Gasteiger partial charge in [0.1, 0.15) is 17.7 Å². The lowest BCUT2D eigenvalue weighted by atomic mass is 9.77. The van der Waals surface area contributed by atoms with Crippen LogP contribution in [0.25, 0.3) is 6.08 Å². The van der Waals surface area contributed by atoms with Crippen molar-refractivity contribution in [1.82, 2.24) is 25.2 Å². The first-order valence-corrected chi connectivity index (χ1v) is 14.9. The Hall–Kier alpha value is -3.20. The number of likely N-dealkylation sites (tertiary alicyclic amines) is 1. The van der Waals surface area contributed by atoms with Gasteiger partial charge >= 0.3 is 0 Å². The summed E-state index contributed by atoms with van der Waals surface area (Å²) >= 11 is 0. The molecule has 4 fully saturated rings. The van der Waals surface area contributed by atoms with Crippen molar-refractivity contribution in [2.45, 2.75) is 75.9 Å². The standard InChI is InChI=1S/C30H40N8O/c1-21-9-14-37(19-21)23-10-15-36(16-11-23)24-6-8-26(31-18-24)34-29-32-17-22-5-7-25-28(39)33-20-30(12-3-2-4-13-30)38(25)27(22)35-29/h5-8,17-18,21,23,25H,2-4,9-16,19-20H2,1H3,(H,33,39)(H,31,32,34,35). The lowest BCUT2D eigenvalue weighted by Crippen LogP contribution is -2.69. The van der Waals surface area contributed by atoms with Gasteiger partial charge in [0.25, 0.3) is 0 Å². The molecule has 206 valence electrons. The van der Waals surface area contributed by atoms with Gasteiger partial charge in [-0.2, -0.15) is 4.98 Å². The van der Waals surface area contributed by atoms with Crippen LogP contribution < -0.4 is 20.4 Å². The van der Waals surface area contributed by atoms with E-state index in [9.17, 15) is 4.79 Å². The lowest BCUT2D eigenvalue weighted by molar-refractivity contribution is -0.123. The van der Waals surface area contributed by atoms with E-state index in [4.69, 9.17) is 9.97 Å². The Balaban J connectivity index is 1.05. The molecule has 9 heteroatoms. The minimum Gasteiger partial charge on any atom is -0.370 e. The van der Waals surface area contributed by atoms with Crippen molar-refractivity contribution in [3.05, 3.63) is 36.2 Å². The molecule has 7 rings (SSSR count). The van der Waals surface area contributed by atoms with Crippen LogP contribution in [0.15, 0.2) is 30.6 Å². The summed E-state index contributed by atoms with van der Waals surface area (Å²) in [5.74, 6) is 2.99. The molecule has 1 saturated carbocycles. The number of amides is 1. The Morgan fingerprint density at radius 1 is 1.03 bits per heavy atom. The first-order valence-electron chi connectivity index (χ1n) is 14.9. The van der Waals surface area contributed by atoms with Crippen LogP contribution in [0.3, 0.4) is 0 Å². The van der Waals surface area contributed by atoms with Gasteiger partial charge in [0.15, 0.2) is 0 Å². The van der Waals surface area contributed by atoms with Gasteiger partial charge < -0.3 is 20.4 Å². The monoisotopic (exact) mass is 528 g/mol. The molecule has 1 aliphatic carbocycles. The average molecular weight is 529 g/mol. The molecular formula is C30H40N8O. The van der Waals surface area contributed by atoms with Crippen molar-refractivity contribution in [3.8, 4) is 0 Å². The van der Waals surface area contributed by atoms with Gasteiger partial charge in [0, 0.05) is 44.0 Å². The van der Waals surface area contributed by atoms with Crippen LogP contribution in [0.5, 0.6) is 0 Å². The van der Waals surface area contributed by atoms with E-state index in [0.717, 1.165) is 55.1 Å². The van der Waals surface area contributed by atoms with Gasteiger partial charge in [-0.3, -0.25) is 9.69 Å². The summed E-state index contributed by atoms with van der Waals surface area (Å²) in [6.07, 6.45) is 17.4. The summed E-state index contributed by atoms with van der Waals surface area (Å²) in [7, 11) is 0. The molecule has 2 unspecified atom stereocenters. The molecule has 2 atom stereocenters. The Bertz CT molecular complexity index is 1230. The number of nitrogens with one attached hydrogen (secondary N) is 2. The Morgan fingerprint density at radius 3 is 2.62 bits per heavy atom. The van der Waals surface area contributed by atoms with E-state index < -0.39 is 0 Å². The van der Waals surface area contributed by atoms with Gasteiger partial charge in [-0.05, 0) is 56.7 Å². The molecule has 4 aliphatic heterocycles. The van der Waals surface area contributed by atoms with Gasteiger partial charge in [0.2, 0.25) is 11.9 Å². The zero-order valence-electron chi connectivity index (χ0n) is 23.0. The highest BCUT2D eigenvalue weighted by Gasteiger charge is 2.49. The highest BCUT2D eigenvalue weighted by Crippen LogP contribution is 2.43. The van der Waals surface area contributed by atoms with Gasteiger partial charge in [-0.25, -0.2) is 9.97 Å². The number of carbonyl (C=O) groups excluding carboxylic acids is 1. The van der Waals surface area contributed by atoms with E-state index in [-0.39, 0.29) is 17.5 Å². The minimum absolute atomic E-state index is 0.0532. The predicted octanol–water partition coefficient (Wildman–Crippen LogP) is 3.96. The van der Waals surface area contributed by atoms with Crippen LogP contribution >= 0.6 is 0 Å². The average Bonchev–Trinajstić information content (AvgIpc) is 3.42. The fraction of sp³-hybridized carbons (Fsp3) is 0.600. The largest absolute Gasteiger partial charge is 0.370 e.